The van der Waals surface area contributed by atoms with E-state index in [1.54, 1.807) is 6.08 Å². The first-order valence-electron chi connectivity index (χ1n) is 6.14. The van der Waals surface area contributed by atoms with Crippen LogP contribution in [0.3, 0.4) is 0 Å². The Morgan fingerprint density at radius 1 is 1.53 bits per heavy atom. The van der Waals surface area contributed by atoms with E-state index in [0.29, 0.717) is 12.8 Å². The Morgan fingerprint density at radius 2 is 2.18 bits per heavy atom. The maximum absolute atomic E-state index is 12.1. The van der Waals surface area contributed by atoms with Gasteiger partial charge < -0.3 is 10.4 Å². The molecule has 0 aromatic rings. The van der Waals surface area contributed by atoms with Gasteiger partial charge in [-0.2, -0.15) is 0 Å². The van der Waals surface area contributed by atoms with Gasteiger partial charge in [0.2, 0.25) is 5.91 Å². The number of hydrogen-bond acceptors (Lipinski definition) is 2. The van der Waals surface area contributed by atoms with Crippen molar-refractivity contribution in [2.24, 2.45) is 5.41 Å². The van der Waals surface area contributed by atoms with Gasteiger partial charge in [-0.15, -0.1) is 6.58 Å². The van der Waals surface area contributed by atoms with E-state index < -0.39 is 5.97 Å². The lowest BCUT2D eigenvalue weighted by molar-refractivity contribution is -0.139. The number of carbonyl (C=O) groups is 2. The van der Waals surface area contributed by atoms with E-state index >= 15 is 0 Å². The van der Waals surface area contributed by atoms with Gasteiger partial charge in [0.1, 0.15) is 0 Å². The Morgan fingerprint density at radius 3 is 2.59 bits per heavy atom. The molecule has 1 amide bonds. The van der Waals surface area contributed by atoms with Crippen LogP contribution >= 0.6 is 0 Å². The zero-order chi connectivity index (χ0) is 12.9. The van der Waals surface area contributed by atoms with Crippen molar-refractivity contribution in [3.05, 3.63) is 12.7 Å². The van der Waals surface area contributed by atoms with Gasteiger partial charge in [-0.05, 0) is 32.6 Å². The third kappa shape index (κ3) is 3.58. The van der Waals surface area contributed by atoms with E-state index in [4.69, 9.17) is 5.11 Å². The molecular formula is C13H21NO3. The molecule has 0 aromatic heterocycles. The molecule has 1 unspecified atom stereocenters. The highest BCUT2D eigenvalue weighted by Crippen LogP contribution is 2.44. The molecule has 0 aliphatic heterocycles. The predicted molar refractivity (Wildman–Crippen MR) is 65.6 cm³/mol. The number of aliphatic carboxylic acids is 1. The summed E-state index contributed by atoms with van der Waals surface area (Å²) in [6.45, 7) is 5.54. The van der Waals surface area contributed by atoms with Crippen LogP contribution in [-0.2, 0) is 9.59 Å². The monoisotopic (exact) mass is 239 g/mol. The predicted octanol–water partition coefficient (Wildman–Crippen LogP) is 2.10. The lowest BCUT2D eigenvalue weighted by atomic mass is 9.66. The minimum Gasteiger partial charge on any atom is -0.481 e. The summed E-state index contributed by atoms with van der Waals surface area (Å²) >= 11 is 0. The molecule has 0 spiro atoms. The largest absolute Gasteiger partial charge is 0.481 e. The van der Waals surface area contributed by atoms with Crippen LogP contribution in [0.15, 0.2) is 12.7 Å². The zero-order valence-corrected chi connectivity index (χ0v) is 10.4. The summed E-state index contributed by atoms with van der Waals surface area (Å²) < 4.78 is 0. The van der Waals surface area contributed by atoms with E-state index in [2.05, 4.69) is 11.9 Å². The minimum atomic E-state index is -0.824. The average molecular weight is 239 g/mol. The van der Waals surface area contributed by atoms with Crippen LogP contribution in [0.4, 0.5) is 0 Å². The fraction of sp³-hybridized carbons (Fsp3) is 0.692. The second-order valence-corrected chi connectivity index (χ2v) is 4.93. The number of hydrogen-bond donors (Lipinski definition) is 2. The molecule has 2 N–H and O–H groups in total. The fourth-order valence-electron chi connectivity index (χ4n) is 2.19. The van der Waals surface area contributed by atoms with Gasteiger partial charge in [0.25, 0.3) is 0 Å². The van der Waals surface area contributed by atoms with E-state index in [1.165, 1.54) is 0 Å². The molecule has 1 aliphatic rings. The lowest BCUT2D eigenvalue weighted by Gasteiger charge is -2.40. The normalized spacial score (nSPS) is 18.9. The van der Waals surface area contributed by atoms with Gasteiger partial charge in [-0.3, -0.25) is 9.59 Å². The first kappa shape index (κ1) is 13.7. The smallest absolute Gasteiger partial charge is 0.303 e. The SMILES string of the molecule is C=CCC1(C(=O)NC(C)CCC(=O)O)CCC1. The molecule has 1 fully saturated rings. The van der Waals surface area contributed by atoms with Crippen molar-refractivity contribution in [3.8, 4) is 0 Å². The van der Waals surface area contributed by atoms with Crippen LogP contribution in [0, 0.1) is 5.41 Å². The Kier molecular flexibility index (Phi) is 4.73. The molecule has 0 aromatic carbocycles. The van der Waals surface area contributed by atoms with Crippen molar-refractivity contribution in [2.75, 3.05) is 0 Å². The Hall–Kier alpha value is -1.32. The number of amides is 1. The molecule has 1 atom stereocenters. The molecular weight excluding hydrogens is 218 g/mol. The number of carboxylic acid groups (broad SMARTS) is 1. The molecule has 0 radical (unpaired) electrons. The van der Waals surface area contributed by atoms with Crippen molar-refractivity contribution < 1.29 is 14.7 Å². The lowest BCUT2D eigenvalue weighted by Crippen LogP contribution is -2.48. The van der Waals surface area contributed by atoms with Gasteiger partial charge in [-0.1, -0.05) is 12.5 Å². The summed E-state index contributed by atoms with van der Waals surface area (Å²) in [6.07, 6.45) is 5.99. The number of allylic oxidation sites excluding steroid dienone is 1. The summed E-state index contributed by atoms with van der Waals surface area (Å²) in [7, 11) is 0. The Bertz CT molecular complexity index is 308. The topological polar surface area (TPSA) is 66.4 Å². The fourth-order valence-corrected chi connectivity index (χ4v) is 2.19. The van der Waals surface area contributed by atoms with Crippen LogP contribution in [0.5, 0.6) is 0 Å². The van der Waals surface area contributed by atoms with Crippen molar-refractivity contribution in [1.29, 1.82) is 0 Å². The molecule has 96 valence electrons. The van der Waals surface area contributed by atoms with Crippen LogP contribution in [0.25, 0.3) is 0 Å². The van der Waals surface area contributed by atoms with Gasteiger partial charge in [0, 0.05) is 12.5 Å². The summed E-state index contributed by atoms with van der Waals surface area (Å²) in [6, 6.07) is -0.0825. The molecule has 0 saturated heterocycles. The number of nitrogens with one attached hydrogen (secondary N) is 1. The maximum Gasteiger partial charge on any atom is 0.303 e. The van der Waals surface area contributed by atoms with Crippen molar-refractivity contribution in [2.45, 2.75) is 51.5 Å². The summed E-state index contributed by atoms with van der Waals surface area (Å²) in [4.78, 5) is 22.5. The molecule has 17 heavy (non-hydrogen) atoms. The quantitative estimate of drug-likeness (QED) is 0.669. The molecule has 1 saturated carbocycles. The second kappa shape index (κ2) is 5.84. The van der Waals surface area contributed by atoms with E-state index in [9.17, 15) is 9.59 Å². The minimum absolute atomic E-state index is 0.0570. The van der Waals surface area contributed by atoms with Crippen LogP contribution in [0.2, 0.25) is 0 Å². The van der Waals surface area contributed by atoms with Gasteiger partial charge in [0.15, 0.2) is 0 Å². The van der Waals surface area contributed by atoms with Crippen LogP contribution < -0.4 is 5.32 Å². The van der Waals surface area contributed by atoms with Crippen LogP contribution in [-0.4, -0.2) is 23.0 Å². The van der Waals surface area contributed by atoms with Gasteiger partial charge >= 0.3 is 5.97 Å². The third-order valence-electron chi connectivity index (χ3n) is 3.50. The Balaban J connectivity index is 2.41. The highest BCUT2D eigenvalue weighted by Gasteiger charge is 2.43. The van der Waals surface area contributed by atoms with Gasteiger partial charge in [-0.25, -0.2) is 0 Å². The molecule has 0 heterocycles. The molecule has 0 bridgehead atoms. The average Bonchev–Trinajstić information content (AvgIpc) is 2.20. The first-order chi connectivity index (χ1) is 8.00. The van der Waals surface area contributed by atoms with Crippen molar-refractivity contribution in [1.82, 2.24) is 5.32 Å². The molecule has 1 rings (SSSR count). The van der Waals surface area contributed by atoms with Crippen molar-refractivity contribution >= 4 is 11.9 Å². The standard InChI is InChI=1S/C13H21NO3/c1-3-7-13(8-4-9-13)12(17)14-10(2)5-6-11(15)16/h3,10H,1,4-9H2,2H3,(H,14,17)(H,15,16). The maximum atomic E-state index is 12.1. The zero-order valence-electron chi connectivity index (χ0n) is 10.4. The van der Waals surface area contributed by atoms with E-state index in [-0.39, 0.29) is 23.8 Å². The van der Waals surface area contributed by atoms with Gasteiger partial charge in [0.05, 0.1) is 5.41 Å². The van der Waals surface area contributed by atoms with Crippen LogP contribution in [0.1, 0.15) is 45.4 Å². The number of carboxylic acids is 1. The second-order valence-electron chi connectivity index (χ2n) is 4.93. The summed E-state index contributed by atoms with van der Waals surface area (Å²) in [5.74, 6) is -0.767. The first-order valence-corrected chi connectivity index (χ1v) is 6.14. The highest BCUT2D eigenvalue weighted by molar-refractivity contribution is 5.84. The molecule has 4 heteroatoms. The number of rotatable bonds is 7. The summed E-state index contributed by atoms with van der Waals surface area (Å²) in [5.41, 5.74) is -0.265. The third-order valence-corrected chi connectivity index (χ3v) is 3.50. The number of carbonyl (C=O) groups excluding carboxylic acids is 1. The van der Waals surface area contributed by atoms with E-state index in [1.807, 2.05) is 6.92 Å². The molecule has 4 nitrogen and oxygen atoms in total. The highest BCUT2D eigenvalue weighted by atomic mass is 16.4. The Labute approximate surface area is 102 Å². The van der Waals surface area contributed by atoms with E-state index in [0.717, 1.165) is 19.3 Å². The molecule has 1 aliphatic carbocycles. The van der Waals surface area contributed by atoms with Crippen molar-refractivity contribution in [3.63, 3.8) is 0 Å². The summed E-state index contributed by atoms with van der Waals surface area (Å²) in [5, 5.41) is 11.5.